The molecule has 0 saturated carbocycles. The Morgan fingerprint density at radius 2 is 2.70 bits per heavy atom. The van der Waals surface area contributed by atoms with Crippen LogP contribution >= 0.6 is 0 Å². The molecule has 0 amide bonds. The van der Waals surface area contributed by atoms with E-state index in [4.69, 9.17) is 6.42 Å². The molecule has 1 rings (SSSR count). The first-order valence-electron chi connectivity index (χ1n) is 3.66. The topological polar surface area (TPSA) is 24.1 Å². The van der Waals surface area contributed by atoms with Gasteiger partial charge in [0.05, 0.1) is 0 Å². The molecule has 58 valence electrons. The fraction of sp³-hybridized carbons (Fsp3) is 0.750. The quantitative estimate of drug-likeness (QED) is 0.536. The van der Waals surface area contributed by atoms with Crippen LogP contribution in [0, 0.1) is 12.3 Å². The molecule has 1 atom stereocenters. The van der Waals surface area contributed by atoms with Crippen LogP contribution < -0.4 is 10.6 Å². The fourth-order valence-corrected chi connectivity index (χ4v) is 1.39. The molecule has 2 nitrogen and oxygen atoms in total. The summed E-state index contributed by atoms with van der Waals surface area (Å²) in [6.07, 6.45) is 7.23. The minimum absolute atomic E-state index is 0. The van der Waals surface area contributed by atoms with Gasteiger partial charge in [-0.2, -0.15) is 0 Å². The first-order chi connectivity index (χ1) is 4.83. The number of likely N-dealkylation sites (N-methyl/N-ethyl adjacent to an activating group) is 1. The highest BCUT2D eigenvalue weighted by Gasteiger charge is 2.30. The molecule has 1 fully saturated rings. The predicted molar refractivity (Wildman–Crippen MR) is 44.8 cm³/mol. The fourth-order valence-electron chi connectivity index (χ4n) is 1.39. The molecule has 10 heavy (non-hydrogen) atoms. The smallest absolute Gasteiger partial charge is 0.0426 e. The average molecular weight is 140 g/mol. The number of hydrogen-bond acceptors (Lipinski definition) is 2. The highest BCUT2D eigenvalue weighted by atomic mass is 15.1. The van der Waals surface area contributed by atoms with Crippen LogP contribution in [0.1, 0.15) is 14.3 Å². The number of terminal acetylenes is 1. The molecular formula is C8H16N2. The zero-order valence-corrected chi connectivity index (χ0v) is 6.41. The Kier molecular flexibility index (Phi) is 2.31. The van der Waals surface area contributed by atoms with E-state index in [0.29, 0.717) is 0 Å². The number of rotatable bonds is 2. The third-order valence-electron chi connectivity index (χ3n) is 2.21. The zero-order chi connectivity index (χ0) is 7.45. The minimum atomic E-state index is 0. The maximum Gasteiger partial charge on any atom is 0.0426 e. The van der Waals surface area contributed by atoms with Crippen LogP contribution in [0.4, 0.5) is 0 Å². The molecule has 2 N–H and O–H groups in total. The lowest BCUT2D eigenvalue weighted by Gasteiger charge is -2.24. The lowest BCUT2D eigenvalue weighted by atomic mass is 9.95. The summed E-state index contributed by atoms with van der Waals surface area (Å²) in [4.78, 5) is 0. The Morgan fingerprint density at radius 1 is 1.90 bits per heavy atom. The van der Waals surface area contributed by atoms with Gasteiger partial charge in [0, 0.05) is 19.9 Å². The molecule has 0 spiro atoms. The zero-order valence-electron chi connectivity index (χ0n) is 6.41. The highest BCUT2D eigenvalue weighted by Crippen LogP contribution is 2.17. The Bertz CT molecular complexity index is 145. The number of nitrogens with one attached hydrogen (secondary N) is 2. The molecule has 0 aliphatic carbocycles. The van der Waals surface area contributed by atoms with E-state index in [-0.39, 0.29) is 6.97 Å². The molecular weight excluding hydrogens is 124 g/mol. The van der Waals surface area contributed by atoms with Gasteiger partial charge in [0.2, 0.25) is 0 Å². The summed E-state index contributed by atoms with van der Waals surface area (Å²) >= 11 is 0. The van der Waals surface area contributed by atoms with E-state index >= 15 is 0 Å². The second kappa shape index (κ2) is 3.05. The molecule has 2 heteroatoms. The largest absolute Gasteiger partial charge is 0.315 e. The molecule has 0 aromatic rings. The Balaban J connectivity index is 0.000001000. The van der Waals surface area contributed by atoms with Gasteiger partial charge in [-0.25, -0.2) is 0 Å². The lowest BCUT2D eigenvalue weighted by Crippen LogP contribution is -2.44. The van der Waals surface area contributed by atoms with Crippen LogP contribution in [0.5, 0.6) is 0 Å². The van der Waals surface area contributed by atoms with Gasteiger partial charge < -0.3 is 10.6 Å². The molecule has 0 bridgehead atoms. The third-order valence-corrected chi connectivity index (χ3v) is 2.21. The molecule has 1 unspecified atom stereocenters. The summed E-state index contributed by atoms with van der Waals surface area (Å²) in [6, 6.07) is 0. The molecule has 0 aromatic carbocycles. The van der Waals surface area contributed by atoms with Crippen LogP contribution in [-0.4, -0.2) is 25.7 Å². The van der Waals surface area contributed by atoms with Crippen LogP contribution in [0.2, 0.25) is 0 Å². The predicted octanol–water partition coefficient (Wildman–Crippen LogP) is 0.207. The first-order valence-corrected chi connectivity index (χ1v) is 3.66. The maximum absolute atomic E-state index is 5.25. The number of hydrogen-bond donors (Lipinski definition) is 2. The Labute approximate surface area is 63.9 Å². The van der Waals surface area contributed by atoms with E-state index in [1.165, 1.54) is 0 Å². The molecule has 1 saturated heterocycles. The van der Waals surface area contributed by atoms with E-state index in [0.717, 1.165) is 25.9 Å². The lowest BCUT2D eigenvalue weighted by molar-refractivity contribution is 0.393. The molecule has 0 radical (unpaired) electrons. The van der Waals surface area contributed by atoms with E-state index in [9.17, 15) is 0 Å². The van der Waals surface area contributed by atoms with Crippen molar-refractivity contribution >= 4 is 0 Å². The van der Waals surface area contributed by atoms with Crippen molar-refractivity contribution in [2.24, 2.45) is 0 Å². The minimum Gasteiger partial charge on any atom is -0.315 e. The first kappa shape index (κ1) is 7.59. The Morgan fingerprint density at radius 3 is 3.10 bits per heavy atom. The Hall–Kier alpha value is -0.520. The average Bonchev–Trinajstić information content (AvgIpc) is 2.39. The SMILES string of the molecule is C#CCC1(NC)CCNC1.[HH]. The second-order valence-electron chi connectivity index (χ2n) is 2.84. The van der Waals surface area contributed by atoms with Gasteiger partial charge in [0.1, 0.15) is 0 Å². The van der Waals surface area contributed by atoms with Crippen LogP contribution in [0.3, 0.4) is 0 Å². The van der Waals surface area contributed by atoms with E-state index < -0.39 is 0 Å². The van der Waals surface area contributed by atoms with Crippen molar-refractivity contribution in [3.05, 3.63) is 0 Å². The van der Waals surface area contributed by atoms with E-state index in [1.807, 2.05) is 7.05 Å². The molecule has 1 heterocycles. The normalized spacial score (nSPS) is 32.0. The molecule has 1 aliphatic rings. The molecule has 0 aromatic heterocycles. The van der Waals surface area contributed by atoms with Gasteiger partial charge in [0.15, 0.2) is 0 Å². The van der Waals surface area contributed by atoms with Crippen molar-refractivity contribution in [2.75, 3.05) is 20.1 Å². The summed E-state index contributed by atoms with van der Waals surface area (Å²) in [5, 5.41) is 6.56. The van der Waals surface area contributed by atoms with Gasteiger partial charge in [-0.3, -0.25) is 0 Å². The standard InChI is InChI=1S/C8H14N2.H2/c1-3-4-8(9-2)5-6-10-7-8;/h1,9-10H,4-7H2,2H3;1H. The summed E-state index contributed by atoms with van der Waals surface area (Å²) in [5.41, 5.74) is 0.189. The van der Waals surface area contributed by atoms with Crippen LogP contribution in [-0.2, 0) is 0 Å². The van der Waals surface area contributed by atoms with E-state index in [1.54, 1.807) is 0 Å². The van der Waals surface area contributed by atoms with Crippen molar-refractivity contribution < 1.29 is 1.43 Å². The third kappa shape index (κ3) is 1.31. The van der Waals surface area contributed by atoms with Crippen molar-refractivity contribution in [3.8, 4) is 12.3 Å². The van der Waals surface area contributed by atoms with Crippen molar-refractivity contribution in [3.63, 3.8) is 0 Å². The summed E-state index contributed by atoms with van der Waals surface area (Å²) < 4.78 is 0. The van der Waals surface area contributed by atoms with E-state index in [2.05, 4.69) is 16.6 Å². The second-order valence-corrected chi connectivity index (χ2v) is 2.84. The highest BCUT2D eigenvalue weighted by molar-refractivity contribution is 5.03. The van der Waals surface area contributed by atoms with Crippen molar-refractivity contribution in [2.45, 2.75) is 18.4 Å². The molecule has 1 aliphatic heterocycles. The van der Waals surface area contributed by atoms with Crippen molar-refractivity contribution in [1.29, 1.82) is 0 Å². The summed E-state index contributed by atoms with van der Waals surface area (Å²) in [5.74, 6) is 2.70. The summed E-state index contributed by atoms with van der Waals surface area (Å²) in [7, 11) is 1.98. The van der Waals surface area contributed by atoms with Crippen molar-refractivity contribution in [1.82, 2.24) is 10.6 Å². The van der Waals surface area contributed by atoms with Gasteiger partial charge in [-0.05, 0) is 20.0 Å². The summed E-state index contributed by atoms with van der Waals surface area (Å²) in [6.45, 7) is 2.09. The maximum atomic E-state index is 5.25. The van der Waals surface area contributed by atoms with Crippen LogP contribution in [0.25, 0.3) is 0 Å². The van der Waals surface area contributed by atoms with Gasteiger partial charge in [0.25, 0.3) is 0 Å². The van der Waals surface area contributed by atoms with Crippen LogP contribution in [0.15, 0.2) is 0 Å². The van der Waals surface area contributed by atoms with Gasteiger partial charge in [-0.1, -0.05) is 0 Å². The monoisotopic (exact) mass is 140 g/mol. The van der Waals surface area contributed by atoms with Gasteiger partial charge in [-0.15, -0.1) is 12.3 Å². The van der Waals surface area contributed by atoms with Gasteiger partial charge >= 0.3 is 0 Å².